The number of para-hydroxylation sites is 1. The fourth-order valence-electron chi connectivity index (χ4n) is 3.56. The van der Waals surface area contributed by atoms with Crippen molar-refractivity contribution < 1.29 is 9.21 Å². The van der Waals surface area contributed by atoms with Crippen molar-refractivity contribution in [3.8, 4) is 0 Å². The highest BCUT2D eigenvalue weighted by atomic mass is 16.3. The number of rotatable bonds is 2. The van der Waals surface area contributed by atoms with E-state index in [4.69, 9.17) is 4.42 Å². The van der Waals surface area contributed by atoms with E-state index in [1.807, 2.05) is 0 Å². The topological polar surface area (TPSA) is 110 Å². The number of hydrogen-bond donors (Lipinski definition) is 0. The van der Waals surface area contributed by atoms with Gasteiger partial charge in [-0.15, -0.1) is 5.10 Å². The summed E-state index contributed by atoms with van der Waals surface area (Å²) in [5.74, 6) is 0.466. The lowest BCUT2D eigenvalue weighted by Gasteiger charge is -2.34. The molecule has 10 nitrogen and oxygen atoms in total. The second kappa shape index (κ2) is 6.66. The highest BCUT2D eigenvalue weighted by Crippen LogP contribution is 2.22. The zero-order valence-corrected chi connectivity index (χ0v) is 15.6. The first-order valence-corrected chi connectivity index (χ1v) is 9.19. The summed E-state index contributed by atoms with van der Waals surface area (Å²) in [4.78, 5) is 37.5. The van der Waals surface area contributed by atoms with Crippen molar-refractivity contribution in [1.29, 1.82) is 0 Å². The molecular formula is C19H17N7O3. The molecule has 0 spiro atoms. The number of amides is 1. The van der Waals surface area contributed by atoms with Gasteiger partial charge in [-0.25, -0.2) is 14.6 Å². The van der Waals surface area contributed by atoms with Gasteiger partial charge in [0, 0.05) is 39.3 Å². The molecule has 1 amide bonds. The van der Waals surface area contributed by atoms with E-state index in [0.717, 1.165) is 0 Å². The molecule has 0 radical (unpaired) electrons. The number of nitrogens with zero attached hydrogens (tertiary/aromatic N) is 7. The molecule has 29 heavy (non-hydrogen) atoms. The number of piperazine rings is 1. The Morgan fingerprint density at radius 3 is 2.72 bits per heavy atom. The first kappa shape index (κ1) is 17.3. The third kappa shape index (κ3) is 2.89. The van der Waals surface area contributed by atoms with Gasteiger partial charge in [0.05, 0.1) is 5.39 Å². The molecule has 5 rings (SSSR count). The summed E-state index contributed by atoms with van der Waals surface area (Å²) in [7, 11) is 1.78. The van der Waals surface area contributed by atoms with Crippen LogP contribution in [0.25, 0.3) is 22.1 Å². The average Bonchev–Trinajstić information content (AvgIpc) is 3.14. The van der Waals surface area contributed by atoms with E-state index in [2.05, 4.69) is 25.2 Å². The van der Waals surface area contributed by atoms with Gasteiger partial charge in [-0.1, -0.05) is 17.3 Å². The third-order valence-corrected chi connectivity index (χ3v) is 5.08. The lowest BCUT2D eigenvalue weighted by molar-refractivity contribution is 0.0715. The highest BCUT2D eigenvalue weighted by molar-refractivity contribution is 5.93. The lowest BCUT2D eigenvalue weighted by Crippen LogP contribution is -2.49. The quantitative estimate of drug-likeness (QED) is 0.494. The zero-order chi connectivity index (χ0) is 20.0. The third-order valence-electron chi connectivity index (χ3n) is 5.08. The van der Waals surface area contributed by atoms with Crippen molar-refractivity contribution >= 4 is 33.9 Å². The van der Waals surface area contributed by atoms with E-state index >= 15 is 0 Å². The molecule has 1 aromatic carbocycles. The Morgan fingerprint density at radius 1 is 1.10 bits per heavy atom. The molecule has 1 fully saturated rings. The van der Waals surface area contributed by atoms with Crippen LogP contribution in [-0.4, -0.2) is 61.9 Å². The Morgan fingerprint density at radius 2 is 1.90 bits per heavy atom. The highest BCUT2D eigenvalue weighted by Gasteiger charge is 2.26. The van der Waals surface area contributed by atoms with Crippen LogP contribution in [0.15, 0.2) is 45.9 Å². The number of hydrogen-bond acceptors (Lipinski definition) is 8. The van der Waals surface area contributed by atoms with Gasteiger partial charge in [-0.3, -0.25) is 9.59 Å². The van der Waals surface area contributed by atoms with Crippen LogP contribution in [0.3, 0.4) is 0 Å². The molecule has 4 aromatic rings. The van der Waals surface area contributed by atoms with Crippen LogP contribution >= 0.6 is 0 Å². The summed E-state index contributed by atoms with van der Waals surface area (Å²) in [5, 5.41) is 8.61. The van der Waals surface area contributed by atoms with Gasteiger partial charge in [0.15, 0.2) is 28.2 Å². The summed E-state index contributed by atoms with van der Waals surface area (Å²) in [6.07, 6.45) is 1.49. The zero-order valence-electron chi connectivity index (χ0n) is 15.6. The molecule has 0 N–H and O–H groups in total. The van der Waals surface area contributed by atoms with Crippen molar-refractivity contribution in [2.75, 3.05) is 31.1 Å². The molecular weight excluding hydrogens is 374 g/mol. The first-order chi connectivity index (χ1) is 14.1. The Balaban J connectivity index is 1.36. The maximum atomic E-state index is 12.9. The molecule has 0 bridgehead atoms. The Kier molecular flexibility index (Phi) is 3.97. The van der Waals surface area contributed by atoms with Crippen LogP contribution in [0.2, 0.25) is 0 Å². The molecule has 146 valence electrons. The first-order valence-electron chi connectivity index (χ1n) is 9.19. The fourth-order valence-corrected chi connectivity index (χ4v) is 3.56. The average molecular weight is 391 g/mol. The van der Waals surface area contributed by atoms with Gasteiger partial charge in [-0.2, -0.15) is 0 Å². The number of carbonyl (C=O) groups excluding carboxylic acids is 1. The van der Waals surface area contributed by atoms with Crippen LogP contribution < -0.4 is 10.3 Å². The lowest BCUT2D eigenvalue weighted by atomic mass is 10.2. The molecule has 0 atom stereocenters. The molecule has 1 aliphatic rings. The SMILES string of the molecule is Cn1nnc2c(N3CCN(C(=O)c4cc(=O)c5ccccc5o4)CC3)ncnc21. The van der Waals surface area contributed by atoms with E-state index in [9.17, 15) is 9.59 Å². The molecule has 1 aliphatic heterocycles. The van der Waals surface area contributed by atoms with Crippen LogP contribution in [0, 0.1) is 0 Å². The Hall–Kier alpha value is -3.82. The number of aryl methyl sites for hydroxylation is 1. The van der Waals surface area contributed by atoms with Gasteiger partial charge in [0.25, 0.3) is 5.91 Å². The van der Waals surface area contributed by atoms with Gasteiger partial charge in [0.2, 0.25) is 0 Å². The molecule has 3 aromatic heterocycles. The number of carbonyl (C=O) groups is 1. The van der Waals surface area contributed by atoms with Crippen LogP contribution in [0.1, 0.15) is 10.6 Å². The normalized spacial score (nSPS) is 14.7. The van der Waals surface area contributed by atoms with Crippen molar-refractivity contribution in [3.63, 3.8) is 0 Å². The molecule has 0 unspecified atom stereocenters. The molecule has 4 heterocycles. The minimum atomic E-state index is -0.292. The maximum Gasteiger partial charge on any atom is 0.289 e. The largest absolute Gasteiger partial charge is 0.451 e. The van der Waals surface area contributed by atoms with Crippen LogP contribution in [0.5, 0.6) is 0 Å². The van der Waals surface area contributed by atoms with E-state index in [1.165, 1.54) is 12.4 Å². The van der Waals surface area contributed by atoms with Gasteiger partial charge in [0.1, 0.15) is 11.9 Å². The second-order valence-electron chi connectivity index (χ2n) is 6.83. The minimum Gasteiger partial charge on any atom is -0.451 e. The van der Waals surface area contributed by atoms with Crippen molar-refractivity contribution in [3.05, 3.63) is 52.6 Å². The summed E-state index contributed by atoms with van der Waals surface area (Å²) in [5.41, 5.74) is 1.48. The monoisotopic (exact) mass is 391 g/mol. The van der Waals surface area contributed by atoms with E-state index < -0.39 is 0 Å². The number of aromatic nitrogens is 5. The van der Waals surface area contributed by atoms with E-state index in [1.54, 1.807) is 40.9 Å². The fraction of sp³-hybridized carbons (Fsp3) is 0.263. The Labute approximate surface area is 164 Å². The van der Waals surface area contributed by atoms with E-state index in [0.29, 0.717) is 54.1 Å². The maximum absolute atomic E-state index is 12.9. The number of fused-ring (bicyclic) bond motifs is 2. The molecule has 0 aliphatic carbocycles. The molecule has 0 saturated carbocycles. The molecule has 10 heteroatoms. The van der Waals surface area contributed by atoms with Gasteiger partial charge < -0.3 is 14.2 Å². The standard InChI is InChI=1S/C19H17N7O3/c1-24-17-16(22-23-24)18(21-11-20-17)25-6-8-26(9-7-25)19(28)15-10-13(27)12-4-2-3-5-14(12)29-15/h2-5,10-11H,6-9H2,1H3. The predicted molar refractivity (Wildman–Crippen MR) is 105 cm³/mol. The van der Waals surface area contributed by atoms with Gasteiger partial charge >= 0.3 is 0 Å². The summed E-state index contributed by atoms with van der Waals surface area (Å²) < 4.78 is 7.28. The number of benzene rings is 1. The summed E-state index contributed by atoms with van der Waals surface area (Å²) >= 11 is 0. The van der Waals surface area contributed by atoms with Crippen molar-refractivity contribution in [1.82, 2.24) is 29.9 Å². The van der Waals surface area contributed by atoms with Crippen LogP contribution in [-0.2, 0) is 7.05 Å². The predicted octanol–water partition coefficient (Wildman–Crippen LogP) is 0.827. The summed E-state index contributed by atoms with van der Waals surface area (Å²) in [6, 6.07) is 8.18. The van der Waals surface area contributed by atoms with Gasteiger partial charge in [-0.05, 0) is 12.1 Å². The van der Waals surface area contributed by atoms with E-state index in [-0.39, 0.29) is 17.1 Å². The summed E-state index contributed by atoms with van der Waals surface area (Å²) in [6.45, 7) is 2.10. The number of anilines is 1. The van der Waals surface area contributed by atoms with Crippen LogP contribution in [0.4, 0.5) is 5.82 Å². The van der Waals surface area contributed by atoms with Crippen molar-refractivity contribution in [2.24, 2.45) is 7.05 Å². The minimum absolute atomic E-state index is 0.0560. The van der Waals surface area contributed by atoms with Crippen molar-refractivity contribution in [2.45, 2.75) is 0 Å². The second-order valence-corrected chi connectivity index (χ2v) is 6.83. The smallest absolute Gasteiger partial charge is 0.289 e. The Bertz CT molecular complexity index is 1290. The molecule has 1 saturated heterocycles.